The Morgan fingerprint density at radius 2 is 1.88 bits per heavy atom. The highest BCUT2D eigenvalue weighted by atomic mass is 16.5. The van der Waals surface area contributed by atoms with Crippen LogP contribution in [0, 0.1) is 13.8 Å². The van der Waals surface area contributed by atoms with Gasteiger partial charge in [0.15, 0.2) is 6.10 Å². The van der Waals surface area contributed by atoms with Crippen molar-refractivity contribution in [3.63, 3.8) is 0 Å². The molecule has 1 aromatic carbocycles. The maximum absolute atomic E-state index is 12.4. The molecule has 0 bridgehead atoms. The van der Waals surface area contributed by atoms with Crippen LogP contribution in [-0.2, 0) is 14.3 Å². The molecule has 1 aliphatic heterocycles. The van der Waals surface area contributed by atoms with Crippen LogP contribution in [0.5, 0.6) is 0 Å². The lowest BCUT2D eigenvalue weighted by molar-refractivity contribution is -0.149. The first-order valence-corrected chi connectivity index (χ1v) is 8.54. The summed E-state index contributed by atoms with van der Waals surface area (Å²) < 4.78 is 5.13. The number of rotatable bonds is 6. The Morgan fingerprint density at radius 1 is 1.23 bits per heavy atom. The monoisotopic (exact) mass is 360 g/mol. The van der Waals surface area contributed by atoms with Crippen LogP contribution in [0.1, 0.15) is 48.7 Å². The number of imide groups is 1. The summed E-state index contributed by atoms with van der Waals surface area (Å²) in [5.41, 5.74) is 1.45. The fraction of sp³-hybridized carbons (Fsp3) is 0.474. The molecule has 1 saturated heterocycles. The topological polar surface area (TPSA) is 92.8 Å². The van der Waals surface area contributed by atoms with Gasteiger partial charge in [0, 0.05) is 5.56 Å². The van der Waals surface area contributed by atoms with Crippen LogP contribution in [0.4, 0.5) is 4.79 Å². The Hall–Kier alpha value is -2.70. The molecule has 0 saturated carbocycles. The summed E-state index contributed by atoms with van der Waals surface area (Å²) in [7, 11) is 0. The number of nitrogens with one attached hydrogen (secondary N) is 1. The van der Waals surface area contributed by atoms with E-state index in [0.29, 0.717) is 12.0 Å². The molecule has 1 aromatic rings. The minimum atomic E-state index is -1.02. The third-order valence-electron chi connectivity index (χ3n) is 4.81. The Labute approximate surface area is 152 Å². The molecule has 7 heteroatoms. The molecule has 26 heavy (non-hydrogen) atoms. The first kappa shape index (κ1) is 19.6. The zero-order valence-corrected chi connectivity index (χ0v) is 15.7. The first-order chi connectivity index (χ1) is 12.1. The zero-order chi connectivity index (χ0) is 19.6. The number of esters is 1. The van der Waals surface area contributed by atoms with Crippen LogP contribution in [-0.4, -0.2) is 46.8 Å². The van der Waals surface area contributed by atoms with Crippen molar-refractivity contribution < 1.29 is 23.9 Å². The standard InChI is InChI=1S/C19H24N2O5/c1-6-19(5)17(24)21(18(25)20-19)10-15(22)26-13(4)16(23)14-8-7-11(2)12(3)9-14/h7-9,13H,6,10H2,1-5H3,(H,20,25). The second-order valence-corrected chi connectivity index (χ2v) is 6.80. The van der Waals surface area contributed by atoms with Gasteiger partial charge in [0.25, 0.3) is 5.91 Å². The first-order valence-electron chi connectivity index (χ1n) is 8.54. The number of nitrogens with zero attached hydrogens (tertiary/aromatic N) is 1. The van der Waals surface area contributed by atoms with Crippen molar-refractivity contribution in [3.05, 3.63) is 34.9 Å². The van der Waals surface area contributed by atoms with Crippen molar-refractivity contribution >= 4 is 23.7 Å². The predicted octanol–water partition coefficient (Wildman–Crippen LogP) is 2.14. The quantitative estimate of drug-likeness (QED) is 0.477. The van der Waals surface area contributed by atoms with Gasteiger partial charge in [-0.1, -0.05) is 19.1 Å². The fourth-order valence-electron chi connectivity index (χ4n) is 2.68. The number of Topliss-reactive ketones (excluding diaryl/α,β-unsaturated/α-hetero) is 1. The predicted molar refractivity (Wildman–Crippen MR) is 94.7 cm³/mol. The SMILES string of the molecule is CCC1(C)NC(=O)N(CC(=O)OC(C)C(=O)c2ccc(C)c(C)c2)C1=O. The number of ether oxygens (including phenoxy) is 1. The van der Waals surface area contributed by atoms with Crippen LogP contribution in [0.15, 0.2) is 18.2 Å². The lowest BCUT2D eigenvalue weighted by Crippen LogP contribution is -2.43. The fourth-order valence-corrected chi connectivity index (χ4v) is 2.68. The van der Waals surface area contributed by atoms with Gasteiger partial charge in [-0.05, 0) is 51.3 Å². The van der Waals surface area contributed by atoms with E-state index in [9.17, 15) is 19.2 Å². The number of carbonyl (C=O) groups excluding carboxylic acids is 4. The van der Waals surface area contributed by atoms with Crippen molar-refractivity contribution in [3.8, 4) is 0 Å². The zero-order valence-electron chi connectivity index (χ0n) is 15.7. The molecule has 1 fully saturated rings. The number of aryl methyl sites for hydroxylation is 2. The molecular formula is C19H24N2O5. The van der Waals surface area contributed by atoms with Crippen LogP contribution in [0.25, 0.3) is 0 Å². The van der Waals surface area contributed by atoms with E-state index in [4.69, 9.17) is 4.74 Å². The highest BCUT2D eigenvalue weighted by Gasteiger charge is 2.47. The third kappa shape index (κ3) is 3.76. The molecule has 140 valence electrons. The molecule has 3 amide bonds. The van der Waals surface area contributed by atoms with Crippen molar-refractivity contribution in [2.75, 3.05) is 6.54 Å². The Balaban J connectivity index is 2.01. The normalized spacial score (nSPS) is 20.7. The Bertz CT molecular complexity index is 773. The molecule has 2 atom stereocenters. The summed E-state index contributed by atoms with van der Waals surface area (Å²) in [5, 5.41) is 2.56. The molecule has 0 aliphatic carbocycles. The Morgan fingerprint density at radius 3 is 2.42 bits per heavy atom. The maximum Gasteiger partial charge on any atom is 0.326 e. The molecule has 0 aromatic heterocycles. The van der Waals surface area contributed by atoms with E-state index in [-0.39, 0.29) is 5.78 Å². The lowest BCUT2D eigenvalue weighted by Gasteiger charge is -2.19. The van der Waals surface area contributed by atoms with E-state index >= 15 is 0 Å². The van der Waals surface area contributed by atoms with Crippen LogP contribution < -0.4 is 5.32 Å². The largest absolute Gasteiger partial charge is 0.453 e. The maximum atomic E-state index is 12.4. The summed E-state index contributed by atoms with van der Waals surface area (Å²) in [6.07, 6.45) is -0.604. The third-order valence-corrected chi connectivity index (χ3v) is 4.81. The average Bonchev–Trinajstić information content (AvgIpc) is 2.80. The van der Waals surface area contributed by atoms with E-state index in [1.807, 2.05) is 19.9 Å². The second kappa shape index (κ2) is 7.27. The number of ketones is 1. The van der Waals surface area contributed by atoms with Crippen LogP contribution in [0.3, 0.4) is 0 Å². The summed E-state index contributed by atoms with van der Waals surface area (Å²) in [6.45, 7) is 8.15. The molecule has 2 unspecified atom stereocenters. The molecule has 1 aliphatic rings. The molecule has 1 N–H and O–H groups in total. The summed E-state index contributed by atoms with van der Waals surface area (Å²) in [6, 6.07) is 4.62. The molecule has 0 radical (unpaired) electrons. The summed E-state index contributed by atoms with van der Waals surface area (Å²) in [4.78, 5) is 49.6. The number of hydrogen-bond donors (Lipinski definition) is 1. The minimum Gasteiger partial charge on any atom is -0.453 e. The summed E-state index contributed by atoms with van der Waals surface area (Å²) in [5.74, 6) is -1.62. The summed E-state index contributed by atoms with van der Waals surface area (Å²) >= 11 is 0. The van der Waals surface area contributed by atoms with Crippen molar-refractivity contribution in [1.82, 2.24) is 10.2 Å². The van der Waals surface area contributed by atoms with Gasteiger partial charge in [-0.2, -0.15) is 0 Å². The van der Waals surface area contributed by atoms with E-state index in [0.717, 1.165) is 16.0 Å². The average molecular weight is 360 g/mol. The van der Waals surface area contributed by atoms with Gasteiger partial charge in [-0.25, -0.2) is 4.79 Å². The highest BCUT2D eigenvalue weighted by molar-refractivity contribution is 6.08. The number of amides is 3. The van der Waals surface area contributed by atoms with E-state index < -0.39 is 36.1 Å². The Kier molecular flexibility index (Phi) is 5.49. The highest BCUT2D eigenvalue weighted by Crippen LogP contribution is 2.21. The molecule has 1 heterocycles. The molecule has 0 spiro atoms. The smallest absolute Gasteiger partial charge is 0.326 e. The van der Waals surface area contributed by atoms with E-state index in [1.165, 1.54) is 6.92 Å². The number of benzene rings is 1. The molecule has 7 nitrogen and oxygen atoms in total. The van der Waals surface area contributed by atoms with E-state index in [2.05, 4.69) is 5.32 Å². The molecule has 2 rings (SSSR count). The van der Waals surface area contributed by atoms with Crippen molar-refractivity contribution in [2.45, 2.75) is 52.7 Å². The number of urea groups is 1. The van der Waals surface area contributed by atoms with Gasteiger partial charge in [0.2, 0.25) is 5.78 Å². The van der Waals surface area contributed by atoms with Gasteiger partial charge in [-0.15, -0.1) is 0 Å². The van der Waals surface area contributed by atoms with Crippen LogP contribution >= 0.6 is 0 Å². The van der Waals surface area contributed by atoms with Crippen LogP contribution in [0.2, 0.25) is 0 Å². The van der Waals surface area contributed by atoms with Gasteiger partial charge < -0.3 is 10.1 Å². The minimum absolute atomic E-state index is 0.336. The second-order valence-electron chi connectivity index (χ2n) is 6.80. The lowest BCUT2D eigenvalue weighted by atomic mass is 9.99. The van der Waals surface area contributed by atoms with E-state index in [1.54, 1.807) is 26.0 Å². The van der Waals surface area contributed by atoms with Gasteiger partial charge in [-0.3, -0.25) is 19.3 Å². The van der Waals surface area contributed by atoms with Crippen molar-refractivity contribution in [1.29, 1.82) is 0 Å². The number of carbonyl (C=O) groups is 4. The molecular weight excluding hydrogens is 336 g/mol. The van der Waals surface area contributed by atoms with Gasteiger partial charge >= 0.3 is 12.0 Å². The van der Waals surface area contributed by atoms with Gasteiger partial charge in [0.05, 0.1) is 0 Å². The number of hydrogen-bond acceptors (Lipinski definition) is 5. The van der Waals surface area contributed by atoms with Crippen molar-refractivity contribution in [2.24, 2.45) is 0 Å². The van der Waals surface area contributed by atoms with Gasteiger partial charge in [0.1, 0.15) is 12.1 Å².